The molecule has 2 rings (SSSR count). The van der Waals surface area contributed by atoms with E-state index < -0.39 is 5.60 Å². The predicted octanol–water partition coefficient (Wildman–Crippen LogP) is 2.58. The van der Waals surface area contributed by atoms with Crippen LogP contribution in [-0.4, -0.2) is 39.6 Å². The van der Waals surface area contributed by atoms with Crippen LogP contribution in [0.25, 0.3) is 0 Å². The predicted molar refractivity (Wildman–Crippen MR) is 89.2 cm³/mol. The van der Waals surface area contributed by atoms with Crippen LogP contribution in [0.1, 0.15) is 52.4 Å². The van der Waals surface area contributed by atoms with Gasteiger partial charge in [0.15, 0.2) is 0 Å². The van der Waals surface area contributed by atoms with Gasteiger partial charge >= 0.3 is 0 Å². The van der Waals surface area contributed by atoms with E-state index in [2.05, 4.69) is 10.4 Å². The Kier molecular flexibility index (Phi) is 6.59. The molecule has 130 valence electrons. The first-order valence-electron chi connectivity index (χ1n) is 8.68. The van der Waals surface area contributed by atoms with Crippen LogP contribution in [0.5, 0.6) is 0 Å². The summed E-state index contributed by atoms with van der Waals surface area (Å²) < 4.78 is 7.20. The Bertz CT molecular complexity index is 489. The number of hydrogen-bond donors (Lipinski definition) is 2. The molecule has 1 saturated heterocycles. The second kappa shape index (κ2) is 8.45. The van der Waals surface area contributed by atoms with E-state index in [1.807, 2.05) is 18.5 Å². The van der Waals surface area contributed by atoms with Crippen LogP contribution in [-0.2, 0) is 16.1 Å². The summed E-state index contributed by atoms with van der Waals surface area (Å²) in [6, 6.07) is 1.80. The summed E-state index contributed by atoms with van der Waals surface area (Å²) in [5, 5.41) is 17.8. The molecule has 1 unspecified atom stereocenters. The zero-order valence-electron chi connectivity index (χ0n) is 14.3. The van der Waals surface area contributed by atoms with Gasteiger partial charge in [0.05, 0.1) is 24.8 Å². The second-order valence-corrected chi connectivity index (χ2v) is 6.58. The Morgan fingerprint density at radius 1 is 1.48 bits per heavy atom. The van der Waals surface area contributed by atoms with Crippen LogP contribution >= 0.6 is 0 Å². The Morgan fingerprint density at radius 3 is 2.83 bits per heavy atom. The number of aromatic nitrogens is 2. The van der Waals surface area contributed by atoms with E-state index in [1.165, 1.54) is 0 Å². The number of ether oxygens (including phenoxy) is 1. The van der Waals surface area contributed by atoms with Crippen LogP contribution in [0.2, 0.25) is 0 Å². The molecule has 2 N–H and O–H groups in total. The average Bonchev–Trinajstić information content (AvgIpc) is 3.12. The van der Waals surface area contributed by atoms with Crippen molar-refractivity contribution < 1.29 is 14.6 Å². The fraction of sp³-hybridized carbons (Fsp3) is 0.765. The number of amides is 1. The van der Waals surface area contributed by atoms with Crippen LogP contribution in [0, 0.1) is 5.92 Å². The molecule has 0 spiro atoms. The first-order valence-corrected chi connectivity index (χ1v) is 8.68. The van der Waals surface area contributed by atoms with Gasteiger partial charge in [-0.25, -0.2) is 4.68 Å². The second-order valence-electron chi connectivity index (χ2n) is 6.58. The average molecular weight is 323 g/mol. The third-order valence-electron chi connectivity index (χ3n) is 4.36. The molecule has 0 saturated carbocycles. The number of nitrogens with one attached hydrogen (secondary N) is 1. The molecular weight excluding hydrogens is 294 g/mol. The summed E-state index contributed by atoms with van der Waals surface area (Å²) >= 11 is 0. The van der Waals surface area contributed by atoms with Crippen molar-refractivity contribution in [1.82, 2.24) is 9.78 Å². The topological polar surface area (TPSA) is 76.4 Å². The van der Waals surface area contributed by atoms with Crippen LogP contribution in [0.15, 0.2) is 12.3 Å². The Balaban J connectivity index is 1.93. The number of carbonyl (C=O) groups is 1. The molecule has 0 aliphatic carbocycles. The minimum Gasteiger partial charge on any atom is -0.389 e. The molecule has 0 radical (unpaired) electrons. The quantitative estimate of drug-likeness (QED) is 0.732. The van der Waals surface area contributed by atoms with Gasteiger partial charge < -0.3 is 15.2 Å². The maximum absolute atomic E-state index is 12.3. The van der Waals surface area contributed by atoms with E-state index in [0.717, 1.165) is 39.0 Å². The largest absolute Gasteiger partial charge is 0.389 e. The molecule has 6 nitrogen and oxygen atoms in total. The van der Waals surface area contributed by atoms with Crippen molar-refractivity contribution in [3.05, 3.63) is 12.3 Å². The van der Waals surface area contributed by atoms with Crippen molar-refractivity contribution in [3.63, 3.8) is 0 Å². The maximum Gasteiger partial charge on any atom is 0.228 e. The molecule has 1 aliphatic rings. The lowest BCUT2D eigenvalue weighted by Gasteiger charge is -2.26. The fourth-order valence-electron chi connectivity index (χ4n) is 3.27. The smallest absolute Gasteiger partial charge is 0.228 e. The highest BCUT2D eigenvalue weighted by Gasteiger charge is 2.28. The zero-order chi connectivity index (χ0) is 16.7. The van der Waals surface area contributed by atoms with E-state index in [-0.39, 0.29) is 12.3 Å². The molecule has 0 aromatic carbocycles. The molecule has 0 bridgehead atoms. The molecule has 1 fully saturated rings. The standard InChI is InChI=1S/C17H29N3O3/c1-3-7-17(22,8-4-2)11-16(21)19-15-5-9-18-20(15)12-14-6-10-23-13-14/h5,9,14,22H,3-4,6-8,10-13H2,1-2H3,(H,19,21). The highest BCUT2D eigenvalue weighted by atomic mass is 16.5. The molecule has 1 aliphatic heterocycles. The van der Waals surface area contributed by atoms with E-state index in [9.17, 15) is 9.90 Å². The van der Waals surface area contributed by atoms with Crippen molar-refractivity contribution >= 4 is 11.7 Å². The summed E-state index contributed by atoms with van der Waals surface area (Å²) in [6.07, 6.45) is 5.87. The molecular formula is C17H29N3O3. The highest BCUT2D eigenvalue weighted by molar-refractivity contribution is 5.90. The van der Waals surface area contributed by atoms with Crippen molar-refractivity contribution in [2.24, 2.45) is 5.92 Å². The van der Waals surface area contributed by atoms with E-state index in [1.54, 1.807) is 12.3 Å². The lowest BCUT2D eigenvalue weighted by molar-refractivity contribution is -0.121. The Morgan fingerprint density at radius 2 is 2.22 bits per heavy atom. The molecule has 6 heteroatoms. The monoisotopic (exact) mass is 323 g/mol. The zero-order valence-corrected chi connectivity index (χ0v) is 14.3. The van der Waals surface area contributed by atoms with Gasteiger partial charge in [0.25, 0.3) is 0 Å². The van der Waals surface area contributed by atoms with Crippen molar-refractivity contribution in [2.75, 3.05) is 18.5 Å². The first-order chi connectivity index (χ1) is 11.1. The third-order valence-corrected chi connectivity index (χ3v) is 4.36. The number of anilines is 1. The van der Waals surface area contributed by atoms with Crippen molar-refractivity contribution in [1.29, 1.82) is 0 Å². The molecule has 2 heterocycles. The fourth-order valence-corrected chi connectivity index (χ4v) is 3.27. The third kappa shape index (κ3) is 5.32. The highest BCUT2D eigenvalue weighted by Crippen LogP contribution is 2.24. The van der Waals surface area contributed by atoms with Gasteiger partial charge in [-0.05, 0) is 19.3 Å². The van der Waals surface area contributed by atoms with Gasteiger partial charge in [-0.15, -0.1) is 0 Å². The van der Waals surface area contributed by atoms with Gasteiger partial charge in [-0.1, -0.05) is 26.7 Å². The van der Waals surface area contributed by atoms with E-state index in [4.69, 9.17) is 4.74 Å². The summed E-state index contributed by atoms with van der Waals surface area (Å²) in [5.74, 6) is 0.985. The molecule has 23 heavy (non-hydrogen) atoms. The first kappa shape index (κ1) is 17.9. The van der Waals surface area contributed by atoms with Gasteiger partial charge in [0.1, 0.15) is 5.82 Å². The summed E-state index contributed by atoms with van der Waals surface area (Å²) in [4.78, 5) is 12.3. The number of rotatable bonds is 9. The number of aliphatic hydroxyl groups is 1. The summed E-state index contributed by atoms with van der Waals surface area (Å²) in [6.45, 7) is 6.35. The van der Waals surface area contributed by atoms with Gasteiger partial charge in [-0.3, -0.25) is 4.79 Å². The number of hydrogen-bond acceptors (Lipinski definition) is 4. The minimum atomic E-state index is -0.905. The van der Waals surface area contributed by atoms with E-state index in [0.29, 0.717) is 24.6 Å². The van der Waals surface area contributed by atoms with Crippen LogP contribution in [0.3, 0.4) is 0 Å². The summed E-state index contributed by atoms with van der Waals surface area (Å²) in [5.41, 5.74) is -0.905. The minimum absolute atomic E-state index is 0.131. The lowest BCUT2D eigenvalue weighted by atomic mass is 9.89. The molecule has 1 atom stereocenters. The number of carbonyl (C=O) groups excluding carboxylic acids is 1. The molecule has 1 aromatic heterocycles. The molecule has 1 amide bonds. The van der Waals surface area contributed by atoms with Crippen LogP contribution < -0.4 is 5.32 Å². The van der Waals surface area contributed by atoms with Gasteiger partial charge in [0, 0.05) is 25.1 Å². The van der Waals surface area contributed by atoms with Crippen molar-refractivity contribution in [2.45, 2.75) is 64.5 Å². The lowest BCUT2D eigenvalue weighted by Crippen LogP contribution is -2.34. The van der Waals surface area contributed by atoms with Crippen LogP contribution in [0.4, 0.5) is 5.82 Å². The Hall–Kier alpha value is -1.40. The normalized spacial score (nSPS) is 18.3. The summed E-state index contributed by atoms with van der Waals surface area (Å²) in [7, 11) is 0. The molecule has 1 aromatic rings. The van der Waals surface area contributed by atoms with Gasteiger partial charge in [0.2, 0.25) is 5.91 Å². The van der Waals surface area contributed by atoms with E-state index >= 15 is 0 Å². The number of nitrogens with zero attached hydrogens (tertiary/aromatic N) is 2. The van der Waals surface area contributed by atoms with Crippen molar-refractivity contribution in [3.8, 4) is 0 Å². The maximum atomic E-state index is 12.3. The van der Waals surface area contributed by atoms with Gasteiger partial charge in [-0.2, -0.15) is 5.10 Å². The SMILES string of the molecule is CCCC(O)(CCC)CC(=O)Nc1ccnn1CC1CCOC1. The Labute approximate surface area is 138 Å².